The van der Waals surface area contributed by atoms with E-state index < -0.39 is 0 Å². The SMILES string of the molecule is c1c[nH]c(Nc2ccc(N3CCCC3)cc2)n1. The molecule has 0 atom stereocenters. The first-order valence-electron chi connectivity index (χ1n) is 6.03. The van der Waals surface area contributed by atoms with Crippen molar-refractivity contribution in [2.45, 2.75) is 12.8 Å². The van der Waals surface area contributed by atoms with Crippen molar-refractivity contribution in [1.29, 1.82) is 0 Å². The van der Waals surface area contributed by atoms with Gasteiger partial charge in [0.05, 0.1) is 0 Å². The fourth-order valence-electron chi connectivity index (χ4n) is 2.20. The Hall–Kier alpha value is -1.97. The fourth-order valence-corrected chi connectivity index (χ4v) is 2.20. The molecular weight excluding hydrogens is 212 g/mol. The average Bonchev–Trinajstić information content (AvgIpc) is 3.01. The molecule has 2 aromatic rings. The molecule has 0 amide bonds. The third kappa shape index (κ3) is 2.25. The van der Waals surface area contributed by atoms with Gasteiger partial charge in [-0.05, 0) is 37.1 Å². The van der Waals surface area contributed by atoms with E-state index in [1.807, 2.05) is 0 Å². The highest BCUT2D eigenvalue weighted by Gasteiger charge is 2.11. The molecule has 1 aromatic carbocycles. The molecule has 3 rings (SSSR count). The average molecular weight is 228 g/mol. The summed E-state index contributed by atoms with van der Waals surface area (Å²) in [5, 5.41) is 3.22. The van der Waals surface area contributed by atoms with Gasteiger partial charge in [-0.3, -0.25) is 0 Å². The summed E-state index contributed by atoms with van der Waals surface area (Å²) in [7, 11) is 0. The highest BCUT2D eigenvalue weighted by molar-refractivity contribution is 5.59. The second-order valence-corrected chi connectivity index (χ2v) is 4.30. The maximum atomic E-state index is 4.13. The maximum Gasteiger partial charge on any atom is 0.204 e. The Morgan fingerprint density at radius 3 is 2.53 bits per heavy atom. The molecular formula is C13H16N4. The number of nitrogens with zero attached hydrogens (tertiary/aromatic N) is 2. The van der Waals surface area contributed by atoms with Crippen LogP contribution < -0.4 is 10.2 Å². The molecule has 2 N–H and O–H groups in total. The standard InChI is InChI=1S/C13H16N4/c1-2-10-17(9-1)12-5-3-11(4-6-12)16-13-14-7-8-15-13/h3-8H,1-2,9-10H2,(H2,14,15,16). The van der Waals surface area contributed by atoms with E-state index in [0.29, 0.717) is 0 Å². The third-order valence-electron chi connectivity index (χ3n) is 3.10. The van der Waals surface area contributed by atoms with Crippen molar-refractivity contribution >= 4 is 17.3 Å². The lowest BCUT2D eigenvalue weighted by atomic mass is 10.2. The van der Waals surface area contributed by atoms with Crippen LogP contribution in [0.3, 0.4) is 0 Å². The zero-order chi connectivity index (χ0) is 11.5. The smallest absolute Gasteiger partial charge is 0.204 e. The van der Waals surface area contributed by atoms with Crippen LogP contribution in [0.1, 0.15) is 12.8 Å². The number of rotatable bonds is 3. The molecule has 0 bridgehead atoms. The van der Waals surface area contributed by atoms with Crippen LogP contribution in [0.15, 0.2) is 36.7 Å². The summed E-state index contributed by atoms with van der Waals surface area (Å²) in [6.45, 7) is 2.37. The molecule has 1 aliphatic rings. The van der Waals surface area contributed by atoms with E-state index in [4.69, 9.17) is 0 Å². The van der Waals surface area contributed by atoms with Crippen LogP contribution in [-0.2, 0) is 0 Å². The molecule has 88 valence electrons. The molecule has 0 radical (unpaired) electrons. The summed E-state index contributed by atoms with van der Waals surface area (Å²) < 4.78 is 0. The van der Waals surface area contributed by atoms with Gasteiger partial charge in [-0.15, -0.1) is 0 Å². The first-order chi connectivity index (χ1) is 8.42. The molecule has 0 aliphatic carbocycles. The van der Waals surface area contributed by atoms with Crippen LogP contribution >= 0.6 is 0 Å². The van der Waals surface area contributed by atoms with Gasteiger partial charge in [0.2, 0.25) is 5.95 Å². The molecule has 0 spiro atoms. The van der Waals surface area contributed by atoms with Crippen LogP contribution in [0, 0.1) is 0 Å². The number of hydrogen-bond acceptors (Lipinski definition) is 3. The van der Waals surface area contributed by atoms with E-state index in [1.54, 1.807) is 12.4 Å². The van der Waals surface area contributed by atoms with E-state index in [2.05, 4.69) is 44.5 Å². The summed E-state index contributed by atoms with van der Waals surface area (Å²) in [5.74, 6) is 0.777. The van der Waals surface area contributed by atoms with Crippen molar-refractivity contribution < 1.29 is 0 Å². The van der Waals surface area contributed by atoms with Gasteiger partial charge in [0, 0.05) is 36.9 Å². The molecule has 1 aromatic heterocycles. The van der Waals surface area contributed by atoms with Crippen LogP contribution in [0.2, 0.25) is 0 Å². The van der Waals surface area contributed by atoms with Gasteiger partial charge < -0.3 is 15.2 Å². The number of aromatic nitrogens is 2. The minimum atomic E-state index is 0.777. The van der Waals surface area contributed by atoms with Crippen molar-refractivity contribution in [3.63, 3.8) is 0 Å². The van der Waals surface area contributed by atoms with Gasteiger partial charge in [0.1, 0.15) is 0 Å². The summed E-state index contributed by atoms with van der Waals surface area (Å²) in [4.78, 5) is 9.58. The second kappa shape index (κ2) is 4.49. The van der Waals surface area contributed by atoms with Crippen LogP contribution in [0.4, 0.5) is 17.3 Å². The number of aromatic amines is 1. The van der Waals surface area contributed by atoms with Crippen molar-refractivity contribution in [3.05, 3.63) is 36.7 Å². The Morgan fingerprint density at radius 1 is 1.12 bits per heavy atom. The molecule has 1 saturated heterocycles. The molecule has 0 saturated carbocycles. The van der Waals surface area contributed by atoms with Gasteiger partial charge in [0.15, 0.2) is 0 Å². The normalized spacial score (nSPS) is 15.2. The lowest BCUT2D eigenvalue weighted by Gasteiger charge is -2.17. The number of imidazole rings is 1. The van der Waals surface area contributed by atoms with E-state index in [9.17, 15) is 0 Å². The van der Waals surface area contributed by atoms with E-state index in [1.165, 1.54) is 31.6 Å². The Kier molecular flexibility index (Phi) is 2.69. The number of anilines is 3. The predicted octanol–water partition coefficient (Wildman–Crippen LogP) is 2.75. The number of benzene rings is 1. The zero-order valence-corrected chi connectivity index (χ0v) is 9.69. The fraction of sp³-hybridized carbons (Fsp3) is 0.308. The third-order valence-corrected chi connectivity index (χ3v) is 3.10. The molecule has 4 heteroatoms. The van der Waals surface area contributed by atoms with E-state index in [-0.39, 0.29) is 0 Å². The highest BCUT2D eigenvalue weighted by atomic mass is 15.1. The van der Waals surface area contributed by atoms with Gasteiger partial charge in [-0.2, -0.15) is 0 Å². The quantitative estimate of drug-likeness (QED) is 0.849. The molecule has 2 heterocycles. The van der Waals surface area contributed by atoms with Gasteiger partial charge in [-0.25, -0.2) is 4.98 Å². The Labute approximate surface area is 101 Å². The van der Waals surface area contributed by atoms with E-state index in [0.717, 1.165) is 11.6 Å². The number of hydrogen-bond donors (Lipinski definition) is 2. The van der Waals surface area contributed by atoms with Crippen LogP contribution in [0.25, 0.3) is 0 Å². The number of H-pyrrole nitrogens is 1. The van der Waals surface area contributed by atoms with E-state index >= 15 is 0 Å². The van der Waals surface area contributed by atoms with Crippen molar-refractivity contribution in [2.75, 3.05) is 23.3 Å². The lowest BCUT2D eigenvalue weighted by molar-refractivity contribution is 0.949. The Bertz CT molecular complexity index is 455. The molecule has 17 heavy (non-hydrogen) atoms. The van der Waals surface area contributed by atoms with Crippen molar-refractivity contribution in [2.24, 2.45) is 0 Å². The zero-order valence-electron chi connectivity index (χ0n) is 9.69. The highest BCUT2D eigenvalue weighted by Crippen LogP contribution is 2.22. The summed E-state index contributed by atoms with van der Waals surface area (Å²) in [6.07, 6.45) is 6.17. The van der Waals surface area contributed by atoms with Crippen LogP contribution in [0.5, 0.6) is 0 Å². The van der Waals surface area contributed by atoms with Crippen molar-refractivity contribution in [3.8, 4) is 0 Å². The molecule has 0 unspecified atom stereocenters. The monoisotopic (exact) mass is 228 g/mol. The summed E-state index contributed by atoms with van der Waals surface area (Å²) in [6, 6.07) is 8.51. The van der Waals surface area contributed by atoms with Gasteiger partial charge >= 0.3 is 0 Å². The minimum absolute atomic E-state index is 0.777. The summed E-state index contributed by atoms with van der Waals surface area (Å²) in [5.41, 5.74) is 2.37. The molecule has 1 aliphatic heterocycles. The first kappa shape index (κ1) is 10.2. The Balaban J connectivity index is 1.71. The van der Waals surface area contributed by atoms with Crippen molar-refractivity contribution in [1.82, 2.24) is 9.97 Å². The largest absolute Gasteiger partial charge is 0.372 e. The van der Waals surface area contributed by atoms with Gasteiger partial charge in [-0.1, -0.05) is 0 Å². The first-order valence-corrected chi connectivity index (χ1v) is 6.03. The molecule has 1 fully saturated rings. The van der Waals surface area contributed by atoms with Crippen LogP contribution in [-0.4, -0.2) is 23.1 Å². The van der Waals surface area contributed by atoms with Gasteiger partial charge in [0.25, 0.3) is 0 Å². The second-order valence-electron chi connectivity index (χ2n) is 4.30. The minimum Gasteiger partial charge on any atom is -0.372 e. The number of nitrogens with one attached hydrogen (secondary N) is 2. The predicted molar refractivity (Wildman–Crippen MR) is 69.8 cm³/mol. The lowest BCUT2D eigenvalue weighted by Crippen LogP contribution is -2.17. The maximum absolute atomic E-state index is 4.13. The molecule has 4 nitrogen and oxygen atoms in total. The topological polar surface area (TPSA) is 44.0 Å². The Morgan fingerprint density at radius 2 is 1.88 bits per heavy atom. The summed E-state index contributed by atoms with van der Waals surface area (Å²) >= 11 is 0.